The lowest BCUT2D eigenvalue weighted by Gasteiger charge is -2.27. The second-order valence-corrected chi connectivity index (χ2v) is 5.87. The van der Waals surface area contributed by atoms with Gasteiger partial charge in [0.2, 0.25) is 11.8 Å². The molecule has 3 N–H and O–H groups in total. The van der Waals surface area contributed by atoms with E-state index in [1.807, 2.05) is 0 Å². The van der Waals surface area contributed by atoms with Gasteiger partial charge in [-0.25, -0.2) is 4.79 Å². The highest BCUT2D eigenvalue weighted by Gasteiger charge is 2.39. The Morgan fingerprint density at radius 1 is 1.07 bits per heavy atom. The van der Waals surface area contributed by atoms with Gasteiger partial charge < -0.3 is 25.1 Å². The Hall–Kier alpha value is -2.49. The molecule has 148 valence electrons. The van der Waals surface area contributed by atoms with E-state index in [4.69, 9.17) is 25.1 Å². The van der Waals surface area contributed by atoms with Gasteiger partial charge in [0.15, 0.2) is 0 Å². The summed E-state index contributed by atoms with van der Waals surface area (Å²) in [6.07, 6.45) is -1.22. The van der Waals surface area contributed by atoms with Gasteiger partial charge in [-0.3, -0.25) is 9.59 Å². The first-order valence-corrected chi connectivity index (χ1v) is 8.72. The fourth-order valence-electron chi connectivity index (χ4n) is 2.71. The Balaban J connectivity index is 1.79. The molecule has 1 saturated heterocycles. The molecule has 1 heterocycles. The maximum atomic E-state index is 12.3. The van der Waals surface area contributed by atoms with Crippen molar-refractivity contribution in [2.24, 2.45) is 5.73 Å². The van der Waals surface area contributed by atoms with Crippen LogP contribution in [0.2, 0.25) is 0 Å². The van der Waals surface area contributed by atoms with Gasteiger partial charge in [-0.1, -0.05) is 12.1 Å². The summed E-state index contributed by atoms with van der Waals surface area (Å²) in [5.41, 5.74) is 5.95. The van der Waals surface area contributed by atoms with Gasteiger partial charge >= 0.3 is 6.09 Å². The number of nitrogens with two attached hydrogens (primary N) is 1. The molecule has 2 rings (SSSR count). The Bertz CT molecular complexity index is 648. The molecule has 1 fully saturated rings. The number of carboxylic acid groups (broad SMARTS) is 1. The number of amides is 3. The lowest BCUT2D eigenvalue weighted by atomic mass is 9.89. The van der Waals surface area contributed by atoms with Crippen LogP contribution in [0.15, 0.2) is 24.3 Å². The minimum absolute atomic E-state index is 0.0211. The average molecular weight is 380 g/mol. The second-order valence-electron chi connectivity index (χ2n) is 5.87. The van der Waals surface area contributed by atoms with Crippen LogP contribution in [0, 0.1) is 0 Å². The van der Waals surface area contributed by atoms with Crippen molar-refractivity contribution in [1.29, 1.82) is 0 Å². The summed E-state index contributed by atoms with van der Waals surface area (Å²) in [7, 11) is 0. The van der Waals surface area contributed by atoms with Crippen molar-refractivity contribution < 1.29 is 33.7 Å². The van der Waals surface area contributed by atoms with Gasteiger partial charge in [0.1, 0.15) is 12.4 Å². The van der Waals surface area contributed by atoms with Gasteiger partial charge in [-0.05, 0) is 24.1 Å². The van der Waals surface area contributed by atoms with Crippen molar-refractivity contribution in [1.82, 2.24) is 4.90 Å². The third kappa shape index (κ3) is 6.02. The van der Waals surface area contributed by atoms with Crippen LogP contribution in [-0.4, -0.2) is 67.5 Å². The molecule has 9 heteroatoms. The SMILES string of the molecule is NCCOCCOCCOc1ccc(C2CCC(=O)N(C(=O)O)C2=O)cc1. The first-order valence-electron chi connectivity index (χ1n) is 8.72. The van der Waals surface area contributed by atoms with E-state index in [0.717, 1.165) is 0 Å². The summed E-state index contributed by atoms with van der Waals surface area (Å²) in [5.74, 6) is -1.43. The molecule has 0 radical (unpaired) electrons. The van der Waals surface area contributed by atoms with Gasteiger partial charge in [-0.2, -0.15) is 4.90 Å². The van der Waals surface area contributed by atoms with Crippen LogP contribution in [0.4, 0.5) is 4.79 Å². The highest BCUT2D eigenvalue weighted by Crippen LogP contribution is 2.30. The minimum atomic E-state index is -1.54. The Kier molecular flexibility index (Phi) is 8.18. The highest BCUT2D eigenvalue weighted by atomic mass is 16.5. The van der Waals surface area contributed by atoms with Crippen LogP contribution < -0.4 is 10.5 Å². The molecule has 1 aliphatic heterocycles. The normalized spacial score (nSPS) is 17.2. The Morgan fingerprint density at radius 2 is 1.70 bits per heavy atom. The largest absolute Gasteiger partial charge is 0.491 e. The lowest BCUT2D eigenvalue weighted by molar-refractivity contribution is -0.146. The standard InChI is InChI=1S/C18H24N2O7/c19-7-8-25-9-10-26-11-12-27-14-3-1-13(2-4-14)15-5-6-16(21)20(17(15)22)18(23)24/h1-4,15H,5-12,19H2,(H,23,24). The van der Waals surface area contributed by atoms with Crippen molar-refractivity contribution in [2.45, 2.75) is 18.8 Å². The average Bonchev–Trinajstić information content (AvgIpc) is 2.64. The molecule has 0 aliphatic carbocycles. The fourth-order valence-corrected chi connectivity index (χ4v) is 2.71. The number of nitrogens with zero attached hydrogens (tertiary/aromatic N) is 1. The highest BCUT2D eigenvalue weighted by molar-refractivity contribution is 6.11. The molecule has 27 heavy (non-hydrogen) atoms. The molecule has 1 atom stereocenters. The number of carbonyl (C=O) groups is 3. The number of ether oxygens (including phenoxy) is 3. The number of hydrogen-bond donors (Lipinski definition) is 2. The molecular weight excluding hydrogens is 356 g/mol. The number of benzene rings is 1. The number of rotatable bonds is 10. The number of imide groups is 3. The van der Waals surface area contributed by atoms with Crippen molar-refractivity contribution >= 4 is 17.9 Å². The number of carbonyl (C=O) groups excluding carboxylic acids is 2. The van der Waals surface area contributed by atoms with E-state index in [-0.39, 0.29) is 6.42 Å². The molecule has 0 saturated carbocycles. The zero-order valence-electron chi connectivity index (χ0n) is 15.0. The predicted molar refractivity (Wildman–Crippen MR) is 94.5 cm³/mol. The predicted octanol–water partition coefficient (Wildman–Crippen LogP) is 0.968. The molecule has 1 aromatic carbocycles. The van der Waals surface area contributed by atoms with Gasteiger partial charge in [0.25, 0.3) is 0 Å². The molecule has 9 nitrogen and oxygen atoms in total. The smallest absolute Gasteiger partial charge is 0.421 e. The van der Waals surface area contributed by atoms with E-state index in [2.05, 4.69) is 0 Å². The zero-order valence-corrected chi connectivity index (χ0v) is 15.0. The maximum Gasteiger partial charge on any atom is 0.421 e. The molecule has 0 spiro atoms. The van der Waals surface area contributed by atoms with Crippen LogP contribution in [0.1, 0.15) is 24.3 Å². The van der Waals surface area contributed by atoms with Crippen LogP contribution >= 0.6 is 0 Å². The van der Waals surface area contributed by atoms with Crippen LogP contribution in [0.25, 0.3) is 0 Å². The summed E-state index contributed by atoms with van der Waals surface area (Å²) in [6.45, 7) is 2.71. The topological polar surface area (TPSA) is 128 Å². The van der Waals surface area contributed by atoms with Crippen molar-refractivity contribution in [3.63, 3.8) is 0 Å². The van der Waals surface area contributed by atoms with Crippen LogP contribution in [-0.2, 0) is 19.1 Å². The lowest BCUT2D eigenvalue weighted by Crippen LogP contribution is -2.47. The van der Waals surface area contributed by atoms with Crippen molar-refractivity contribution in [3.05, 3.63) is 29.8 Å². The number of hydrogen-bond acceptors (Lipinski definition) is 7. The first kappa shape index (κ1) is 20.8. The first-order chi connectivity index (χ1) is 13.0. The summed E-state index contributed by atoms with van der Waals surface area (Å²) >= 11 is 0. The fraction of sp³-hybridized carbons (Fsp3) is 0.500. The van der Waals surface area contributed by atoms with E-state index in [1.165, 1.54) is 0 Å². The van der Waals surface area contributed by atoms with Gasteiger partial charge in [-0.15, -0.1) is 0 Å². The third-order valence-corrected chi connectivity index (χ3v) is 4.02. The molecule has 0 aromatic heterocycles. The summed E-state index contributed by atoms with van der Waals surface area (Å²) in [5, 5.41) is 9.03. The van der Waals surface area contributed by atoms with E-state index in [1.54, 1.807) is 24.3 Å². The molecule has 3 amide bonds. The minimum Gasteiger partial charge on any atom is -0.491 e. The molecule has 0 bridgehead atoms. The van der Waals surface area contributed by atoms with Gasteiger partial charge in [0.05, 0.1) is 32.3 Å². The summed E-state index contributed by atoms with van der Waals surface area (Å²) in [6, 6.07) is 6.81. The number of piperidine rings is 1. The van der Waals surface area contributed by atoms with Gasteiger partial charge in [0, 0.05) is 13.0 Å². The monoisotopic (exact) mass is 380 g/mol. The van der Waals surface area contributed by atoms with E-state index < -0.39 is 23.8 Å². The van der Waals surface area contributed by atoms with Crippen LogP contribution in [0.3, 0.4) is 0 Å². The van der Waals surface area contributed by atoms with E-state index in [0.29, 0.717) is 62.2 Å². The van der Waals surface area contributed by atoms with Crippen LogP contribution in [0.5, 0.6) is 5.75 Å². The van der Waals surface area contributed by atoms with Crippen molar-refractivity contribution in [3.8, 4) is 5.75 Å². The van der Waals surface area contributed by atoms with E-state index in [9.17, 15) is 14.4 Å². The molecule has 1 unspecified atom stereocenters. The third-order valence-electron chi connectivity index (χ3n) is 4.02. The van der Waals surface area contributed by atoms with Crippen molar-refractivity contribution in [2.75, 3.05) is 39.6 Å². The Morgan fingerprint density at radius 3 is 2.33 bits per heavy atom. The number of likely N-dealkylation sites (tertiary alicyclic amines) is 1. The second kappa shape index (κ2) is 10.6. The summed E-state index contributed by atoms with van der Waals surface area (Å²) in [4.78, 5) is 35.3. The quantitative estimate of drug-likeness (QED) is 0.454. The molecule has 1 aromatic rings. The maximum absolute atomic E-state index is 12.3. The molecular formula is C18H24N2O7. The summed E-state index contributed by atoms with van der Waals surface area (Å²) < 4.78 is 16.1. The Labute approximate surface area is 157 Å². The van der Waals surface area contributed by atoms with E-state index >= 15 is 0 Å². The zero-order chi connectivity index (χ0) is 19.6. The molecule has 1 aliphatic rings.